The van der Waals surface area contributed by atoms with E-state index in [1.807, 2.05) is 40.1 Å². The van der Waals surface area contributed by atoms with Crippen LogP contribution in [0.3, 0.4) is 0 Å². The van der Waals surface area contributed by atoms with E-state index >= 15 is 0 Å². The molecule has 1 N–H and O–H groups in total. The maximum atomic E-state index is 13.4. The Morgan fingerprint density at radius 3 is 1.72 bits per heavy atom. The van der Waals surface area contributed by atoms with Crippen molar-refractivity contribution in [3.05, 3.63) is 70.9 Å². The van der Waals surface area contributed by atoms with Gasteiger partial charge in [0.25, 0.3) is 0 Å². The van der Waals surface area contributed by atoms with Gasteiger partial charge >= 0.3 is 0 Å². The molecule has 2 aromatic heterocycles. The summed E-state index contributed by atoms with van der Waals surface area (Å²) >= 11 is 3.36. The molecule has 228 valence electrons. The lowest BCUT2D eigenvalue weighted by atomic mass is 9.86. The summed E-state index contributed by atoms with van der Waals surface area (Å²) in [6, 6.07) is 16.6. The molecule has 43 heavy (non-hydrogen) atoms. The number of hydrogen-bond donors (Lipinski definition) is 1. The van der Waals surface area contributed by atoms with Crippen LogP contribution in [0, 0.1) is 5.41 Å². The molecule has 0 aliphatic carbocycles. The lowest BCUT2D eigenvalue weighted by Crippen LogP contribution is -2.52. The molecule has 7 nitrogen and oxygen atoms in total. The first kappa shape index (κ1) is 32.5. The van der Waals surface area contributed by atoms with E-state index < -0.39 is 11.5 Å². The predicted molar refractivity (Wildman–Crippen MR) is 179 cm³/mol. The highest BCUT2D eigenvalue weighted by molar-refractivity contribution is 7.15. The SMILES string of the molecule is CCCN(C)Cc1ncc(-c2ccc(-c3ccc(-c4cnc(CN(CCC)C(=O)[C@@H](NC=O)C(C)(C)C)s4)cc3)cc2)s1. The fourth-order valence-corrected chi connectivity index (χ4v) is 6.96. The van der Waals surface area contributed by atoms with Crippen LogP contribution in [-0.4, -0.2) is 58.3 Å². The van der Waals surface area contributed by atoms with Crippen molar-refractivity contribution in [2.75, 3.05) is 20.1 Å². The monoisotopic (exact) mass is 617 g/mol. The number of rotatable bonds is 14. The fraction of sp³-hybridized carbons (Fsp3) is 0.412. The average molecular weight is 618 g/mol. The van der Waals surface area contributed by atoms with Crippen LogP contribution in [0.25, 0.3) is 32.0 Å². The number of nitrogens with zero attached hydrogens (tertiary/aromatic N) is 4. The average Bonchev–Trinajstić information content (AvgIpc) is 3.65. The van der Waals surface area contributed by atoms with Crippen molar-refractivity contribution in [1.82, 2.24) is 25.1 Å². The van der Waals surface area contributed by atoms with Crippen molar-refractivity contribution in [3.63, 3.8) is 0 Å². The van der Waals surface area contributed by atoms with E-state index in [0.29, 0.717) is 19.5 Å². The van der Waals surface area contributed by atoms with E-state index in [-0.39, 0.29) is 5.91 Å². The molecule has 0 bridgehead atoms. The second kappa shape index (κ2) is 14.9. The van der Waals surface area contributed by atoms with Crippen molar-refractivity contribution >= 4 is 35.0 Å². The van der Waals surface area contributed by atoms with E-state index in [1.165, 1.54) is 16.0 Å². The Kier molecular flexibility index (Phi) is 11.2. The number of carbonyl (C=O) groups excluding carboxylic acids is 2. The Balaban J connectivity index is 1.42. The summed E-state index contributed by atoms with van der Waals surface area (Å²) < 4.78 is 0. The van der Waals surface area contributed by atoms with Gasteiger partial charge in [0.05, 0.1) is 22.8 Å². The van der Waals surface area contributed by atoms with Gasteiger partial charge in [0.2, 0.25) is 12.3 Å². The summed E-state index contributed by atoms with van der Waals surface area (Å²) in [4.78, 5) is 40.2. The topological polar surface area (TPSA) is 78.4 Å². The van der Waals surface area contributed by atoms with Crippen LogP contribution >= 0.6 is 22.7 Å². The van der Waals surface area contributed by atoms with Crippen molar-refractivity contribution < 1.29 is 9.59 Å². The second-order valence-corrected chi connectivity index (χ2v) is 14.2. The number of thiazole rings is 2. The summed E-state index contributed by atoms with van der Waals surface area (Å²) in [6.07, 6.45) is 6.44. The Morgan fingerprint density at radius 1 is 0.814 bits per heavy atom. The van der Waals surface area contributed by atoms with E-state index in [0.717, 1.165) is 52.0 Å². The molecule has 0 saturated carbocycles. The van der Waals surface area contributed by atoms with Gasteiger partial charge in [-0.2, -0.15) is 0 Å². The zero-order chi connectivity index (χ0) is 31.0. The minimum Gasteiger partial charge on any atom is -0.346 e. The highest BCUT2D eigenvalue weighted by atomic mass is 32.1. The molecule has 4 rings (SSSR count). The molecular formula is C34H43N5O2S2. The van der Waals surface area contributed by atoms with Crippen LogP contribution in [0.15, 0.2) is 60.9 Å². The van der Waals surface area contributed by atoms with Gasteiger partial charge in [0, 0.05) is 18.9 Å². The molecule has 2 amide bonds. The standard InChI is InChI=1S/C34H43N5O2S2/c1-7-17-38(6)21-30-35-19-28(42-30)26-13-9-24(10-14-26)25-11-15-27(16-12-25)29-20-36-31(43-29)22-39(18-8-2)33(41)32(37-23-40)34(3,4)5/h9-16,19-20,23,32H,7-8,17-18,21-22H2,1-6H3,(H,37,40)/t32-/m1/s1. The highest BCUT2D eigenvalue weighted by Gasteiger charge is 2.34. The van der Waals surface area contributed by atoms with Crippen molar-refractivity contribution in [2.24, 2.45) is 5.41 Å². The van der Waals surface area contributed by atoms with Gasteiger partial charge in [-0.1, -0.05) is 83.1 Å². The Hall–Kier alpha value is -3.40. The van der Waals surface area contributed by atoms with E-state index in [4.69, 9.17) is 0 Å². The summed E-state index contributed by atoms with van der Waals surface area (Å²) in [5.74, 6) is -0.0797. The van der Waals surface area contributed by atoms with Gasteiger partial charge < -0.3 is 10.2 Å². The quantitative estimate of drug-likeness (QED) is 0.150. The lowest BCUT2D eigenvalue weighted by Gasteiger charge is -2.33. The number of benzene rings is 2. The minimum atomic E-state index is -0.588. The van der Waals surface area contributed by atoms with Crippen molar-refractivity contribution in [3.8, 4) is 32.0 Å². The predicted octanol–water partition coefficient (Wildman–Crippen LogP) is 7.34. The van der Waals surface area contributed by atoms with Gasteiger partial charge in [-0.05, 0) is 54.1 Å². The number of carbonyl (C=O) groups is 2. The van der Waals surface area contributed by atoms with E-state index in [9.17, 15) is 9.59 Å². The molecule has 0 aliphatic rings. The first-order valence-corrected chi connectivity index (χ1v) is 16.5. The third-order valence-corrected chi connectivity index (χ3v) is 9.33. The molecule has 9 heteroatoms. The summed E-state index contributed by atoms with van der Waals surface area (Å²) in [6.45, 7) is 13.1. The Labute approximate surface area is 264 Å². The van der Waals surface area contributed by atoms with Gasteiger partial charge in [0.1, 0.15) is 16.1 Å². The highest BCUT2D eigenvalue weighted by Crippen LogP contribution is 2.32. The molecule has 0 aliphatic heterocycles. The van der Waals surface area contributed by atoms with E-state index in [2.05, 4.69) is 82.7 Å². The molecule has 4 aromatic rings. The van der Waals surface area contributed by atoms with Crippen LogP contribution in [0.2, 0.25) is 0 Å². The van der Waals surface area contributed by atoms with Crippen LogP contribution in [0.1, 0.15) is 57.5 Å². The Bertz CT molecular complexity index is 1470. The normalized spacial score (nSPS) is 12.3. The summed E-state index contributed by atoms with van der Waals surface area (Å²) in [7, 11) is 2.14. The number of hydrogen-bond acceptors (Lipinski definition) is 7. The lowest BCUT2D eigenvalue weighted by molar-refractivity contribution is -0.138. The van der Waals surface area contributed by atoms with Gasteiger partial charge in [-0.25, -0.2) is 9.97 Å². The number of aromatic nitrogens is 2. The molecular weight excluding hydrogens is 575 g/mol. The molecule has 1 atom stereocenters. The van der Waals surface area contributed by atoms with Crippen LogP contribution in [-0.2, 0) is 22.7 Å². The number of nitrogens with one attached hydrogen (secondary N) is 1. The second-order valence-electron chi connectivity index (χ2n) is 12.0. The van der Waals surface area contributed by atoms with Gasteiger partial charge in [-0.3, -0.25) is 14.5 Å². The minimum absolute atomic E-state index is 0.0797. The first-order valence-electron chi connectivity index (χ1n) is 14.9. The molecule has 2 heterocycles. The molecule has 0 fully saturated rings. The largest absolute Gasteiger partial charge is 0.346 e. The summed E-state index contributed by atoms with van der Waals surface area (Å²) in [5.41, 5.74) is 4.21. The zero-order valence-corrected chi connectivity index (χ0v) is 27.7. The third-order valence-electron chi connectivity index (χ3n) is 7.27. The van der Waals surface area contributed by atoms with Gasteiger partial charge in [-0.15, -0.1) is 22.7 Å². The van der Waals surface area contributed by atoms with Crippen molar-refractivity contribution in [1.29, 1.82) is 0 Å². The molecule has 2 aromatic carbocycles. The maximum absolute atomic E-state index is 13.4. The number of amides is 2. The fourth-order valence-electron chi connectivity index (χ4n) is 5.02. The smallest absolute Gasteiger partial charge is 0.246 e. The third kappa shape index (κ3) is 8.59. The van der Waals surface area contributed by atoms with Crippen LogP contribution < -0.4 is 5.32 Å². The van der Waals surface area contributed by atoms with Crippen molar-refractivity contribution in [2.45, 2.75) is 66.6 Å². The van der Waals surface area contributed by atoms with Crippen LogP contribution in [0.4, 0.5) is 0 Å². The first-order chi connectivity index (χ1) is 20.6. The maximum Gasteiger partial charge on any atom is 0.246 e. The molecule has 0 saturated heterocycles. The zero-order valence-electron chi connectivity index (χ0n) is 26.1. The van der Waals surface area contributed by atoms with Crippen LogP contribution in [0.5, 0.6) is 0 Å². The van der Waals surface area contributed by atoms with E-state index in [1.54, 1.807) is 27.6 Å². The molecule has 0 spiro atoms. The Morgan fingerprint density at radius 2 is 1.28 bits per heavy atom. The summed E-state index contributed by atoms with van der Waals surface area (Å²) in [5, 5.41) is 4.74. The molecule has 0 radical (unpaired) electrons. The molecule has 0 unspecified atom stereocenters. The van der Waals surface area contributed by atoms with Gasteiger partial charge in [0.15, 0.2) is 0 Å².